The summed E-state index contributed by atoms with van der Waals surface area (Å²) in [4.78, 5) is 20.8. The van der Waals surface area contributed by atoms with E-state index in [0.717, 1.165) is 5.56 Å². The van der Waals surface area contributed by atoms with Crippen LogP contribution >= 0.6 is 0 Å². The Balaban J connectivity index is 2.55. The fraction of sp³-hybridized carbons (Fsp3) is 0.417. The van der Waals surface area contributed by atoms with E-state index in [4.69, 9.17) is 14.9 Å². The molecule has 0 aliphatic carbocycles. The Hall–Kier alpha value is -1.39. The van der Waals surface area contributed by atoms with Crippen LogP contribution in [0.25, 0.3) is 0 Å². The van der Waals surface area contributed by atoms with Crippen molar-refractivity contribution < 1.29 is 19.7 Å². The van der Waals surface area contributed by atoms with Crippen molar-refractivity contribution in [3.05, 3.63) is 35.4 Å². The van der Waals surface area contributed by atoms with Crippen molar-refractivity contribution in [3.63, 3.8) is 0 Å². The third-order valence-electron chi connectivity index (χ3n) is 1.71. The number of carboxylic acid groups (broad SMARTS) is 1. The molecular weight excluding hydrogens is 208 g/mol. The molecular formula is C12H16O4. The number of hydrogen-bond acceptors (Lipinski definition) is 3. The quantitative estimate of drug-likeness (QED) is 0.631. The molecule has 1 aromatic rings. The highest BCUT2D eigenvalue weighted by atomic mass is 17.2. The zero-order valence-corrected chi connectivity index (χ0v) is 9.69. The van der Waals surface area contributed by atoms with Crippen molar-refractivity contribution in [2.75, 3.05) is 0 Å². The van der Waals surface area contributed by atoms with E-state index in [1.165, 1.54) is 6.07 Å². The first-order valence-electron chi connectivity index (χ1n) is 5.01. The highest BCUT2D eigenvalue weighted by Crippen LogP contribution is 2.11. The minimum absolute atomic E-state index is 0.235. The molecule has 0 amide bonds. The van der Waals surface area contributed by atoms with Crippen LogP contribution in [0, 0.1) is 0 Å². The molecule has 4 nitrogen and oxygen atoms in total. The second kappa shape index (κ2) is 5.09. The smallest absolute Gasteiger partial charge is 0.335 e. The van der Waals surface area contributed by atoms with Gasteiger partial charge in [-0.25, -0.2) is 14.6 Å². The number of rotatable bonds is 4. The summed E-state index contributed by atoms with van der Waals surface area (Å²) in [5.74, 6) is -0.946. The van der Waals surface area contributed by atoms with Crippen LogP contribution in [0.4, 0.5) is 0 Å². The third-order valence-corrected chi connectivity index (χ3v) is 1.71. The number of carboxylic acids is 1. The van der Waals surface area contributed by atoms with Crippen LogP contribution in [-0.2, 0) is 16.4 Å². The fourth-order valence-corrected chi connectivity index (χ4v) is 1.07. The van der Waals surface area contributed by atoms with Crippen molar-refractivity contribution >= 4 is 5.97 Å². The van der Waals surface area contributed by atoms with Crippen molar-refractivity contribution in [1.29, 1.82) is 0 Å². The lowest BCUT2D eigenvalue weighted by Crippen LogP contribution is -2.19. The van der Waals surface area contributed by atoms with Gasteiger partial charge in [0.25, 0.3) is 0 Å². The average molecular weight is 224 g/mol. The molecule has 1 rings (SSSR count). The van der Waals surface area contributed by atoms with Gasteiger partial charge in [0.1, 0.15) is 6.61 Å². The third kappa shape index (κ3) is 4.42. The molecule has 0 aliphatic heterocycles. The minimum atomic E-state index is -0.946. The highest BCUT2D eigenvalue weighted by Gasteiger charge is 2.11. The van der Waals surface area contributed by atoms with E-state index in [2.05, 4.69) is 0 Å². The van der Waals surface area contributed by atoms with Crippen LogP contribution in [0.2, 0.25) is 0 Å². The molecule has 0 bridgehead atoms. The van der Waals surface area contributed by atoms with Crippen molar-refractivity contribution in [2.45, 2.75) is 33.0 Å². The lowest BCUT2D eigenvalue weighted by Gasteiger charge is -2.17. The Bertz CT molecular complexity index is 366. The number of carbonyl (C=O) groups is 1. The first-order valence-corrected chi connectivity index (χ1v) is 5.01. The standard InChI is InChI=1S/C12H16O4/c1-12(2,3)16-15-8-9-5-4-6-10(7-9)11(13)14/h4-7H,8H2,1-3H3,(H,13,14). The molecule has 0 fully saturated rings. The molecule has 0 radical (unpaired) electrons. The molecule has 0 saturated heterocycles. The monoisotopic (exact) mass is 224 g/mol. The van der Waals surface area contributed by atoms with Gasteiger partial charge in [-0.05, 0) is 38.5 Å². The van der Waals surface area contributed by atoms with E-state index in [1.54, 1.807) is 18.2 Å². The van der Waals surface area contributed by atoms with Gasteiger partial charge in [-0.1, -0.05) is 12.1 Å². The van der Waals surface area contributed by atoms with Crippen LogP contribution in [0.3, 0.4) is 0 Å². The molecule has 1 N–H and O–H groups in total. The number of aromatic carboxylic acids is 1. The van der Waals surface area contributed by atoms with Crippen LogP contribution in [-0.4, -0.2) is 16.7 Å². The lowest BCUT2D eigenvalue weighted by atomic mass is 10.1. The second-order valence-corrected chi connectivity index (χ2v) is 4.46. The minimum Gasteiger partial charge on any atom is -0.478 e. The summed E-state index contributed by atoms with van der Waals surface area (Å²) >= 11 is 0. The van der Waals surface area contributed by atoms with Gasteiger partial charge in [0, 0.05) is 0 Å². The fourth-order valence-electron chi connectivity index (χ4n) is 1.07. The number of benzene rings is 1. The highest BCUT2D eigenvalue weighted by molar-refractivity contribution is 5.87. The lowest BCUT2D eigenvalue weighted by molar-refractivity contribution is -0.356. The van der Waals surface area contributed by atoms with Gasteiger partial charge in [-0.3, -0.25) is 0 Å². The van der Waals surface area contributed by atoms with Gasteiger partial charge in [0.05, 0.1) is 11.2 Å². The Morgan fingerprint density at radius 3 is 2.62 bits per heavy atom. The first-order chi connectivity index (χ1) is 7.38. The Morgan fingerprint density at radius 2 is 2.06 bits per heavy atom. The number of hydrogen-bond donors (Lipinski definition) is 1. The summed E-state index contributed by atoms with van der Waals surface area (Å²) in [5, 5.41) is 8.79. The average Bonchev–Trinajstić information content (AvgIpc) is 2.16. The molecule has 0 unspecified atom stereocenters. The zero-order chi connectivity index (χ0) is 12.2. The molecule has 0 heterocycles. The summed E-state index contributed by atoms with van der Waals surface area (Å²) in [6, 6.07) is 6.57. The Morgan fingerprint density at radius 1 is 1.38 bits per heavy atom. The first kappa shape index (κ1) is 12.7. The maximum Gasteiger partial charge on any atom is 0.335 e. The van der Waals surface area contributed by atoms with Crippen molar-refractivity contribution in [1.82, 2.24) is 0 Å². The Kier molecular flexibility index (Phi) is 4.04. The summed E-state index contributed by atoms with van der Waals surface area (Å²) in [6.07, 6.45) is 0. The predicted molar refractivity (Wildman–Crippen MR) is 59.0 cm³/mol. The van der Waals surface area contributed by atoms with E-state index in [9.17, 15) is 4.79 Å². The van der Waals surface area contributed by atoms with Crippen LogP contribution in [0.15, 0.2) is 24.3 Å². The van der Waals surface area contributed by atoms with Crippen molar-refractivity contribution in [2.24, 2.45) is 0 Å². The zero-order valence-electron chi connectivity index (χ0n) is 9.69. The molecule has 0 aliphatic rings. The van der Waals surface area contributed by atoms with Gasteiger partial charge in [0.2, 0.25) is 0 Å². The van der Waals surface area contributed by atoms with Crippen LogP contribution in [0.1, 0.15) is 36.7 Å². The molecule has 1 aromatic carbocycles. The molecule has 0 spiro atoms. The molecule has 0 aromatic heterocycles. The van der Waals surface area contributed by atoms with Crippen molar-refractivity contribution in [3.8, 4) is 0 Å². The van der Waals surface area contributed by atoms with Crippen LogP contribution in [0.5, 0.6) is 0 Å². The van der Waals surface area contributed by atoms with Crippen LogP contribution < -0.4 is 0 Å². The van der Waals surface area contributed by atoms with Gasteiger partial charge in [0.15, 0.2) is 0 Å². The van der Waals surface area contributed by atoms with Gasteiger partial charge in [-0.2, -0.15) is 0 Å². The summed E-state index contributed by atoms with van der Waals surface area (Å²) < 4.78 is 0. The molecule has 0 saturated carbocycles. The summed E-state index contributed by atoms with van der Waals surface area (Å²) in [6.45, 7) is 5.86. The SMILES string of the molecule is CC(C)(C)OOCc1cccc(C(=O)O)c1. The largest absolute Gasteiger partial charge is 0.478 e. The van der Waals surface area contributed by atoms with Gasteiger partial charge < -0.3 is 5.11 Å². The Labute approximate surface area is 94.7 Å². The van der Waals surface area contributed by atoms with Gasteiger partial charge >= 0.3 is 5.97 Å². The van der Waals surface area contributed by atoms with E-state index < -0.39 is 5.97 Å². The topological polar surface area (TPSA) is 55.8 Å². The normalized spacial score (nSPS) is 11.4. The van der Waals surface area contributed by atoms with E-state index >= 15 is 0 Å². The molecule has 0 atom stereocenters. The molecule has 16 heavy (non-hydrogen) atoms. The summed E-state index contributed by atoms with van der Waals surface area (Å²) in [7, 11) is 0. The summed E-state index contributed by atoms with van der Waals surface area (Å²) in [5.41, 5.74) is 0.644. The van der Waals surface area contributed by atoms with Gasteiger partial charge in [-0.15, -0.1) is 0 Å². The molecule has 4 heteroatoms. The maximum absolute atomic E-state index is 10.7. The second-order valence-electron chi connectivity index (χ2n) is 4.46. The van der Waals surface area contributed by atoms with E-state index in [0.29, 0.717) is 0 Å². The van der Waals surface area contributed by atoms with E-state index in [-0.39, 0.29) is 17.8 Å². The van der Waals surface area contributed by atoms with E-state index in [1.807, 2.05) is 20.8 Å². The molecule has 88 valence electrons. The maximum atomic E-state index is 10.7. The predicted octanol–water partition coefficient (Wildman–Crippen LogP) is 2.63.